The van der Waals surface area contributed by atoms with Crippen molar-refractivity contribution < 1.29 is 9.84 Å². The molecule has 1 saturated heterocycles. The zero-order chi connectivity index (χ0) is 13.9. The van der Waals surface area contributed by atoms with Crippen LogP contribution in [0.3, 0.4) is 0 Å². The van der Waals surface area contributed by atoms with Gasteiger partial charge in [0.1, 0.15) is 0 Å². The van der Waals surface area contributed by atoms with Crippen molar-refractivity contribution in [3.63, 3.8) is 0 Å². The number of nitrogens with one attached hydrogen (secondary N) is 1. The van der Waals surface area contributed by atoms with Crippen LogP contribution in [0.2, 0.25) is 0 Å². The second-order valence-electron chi connectivity index (χ2n) is 5.29. The lowest BCUT2D eigenvalue weighted by Gasteiger charge is -2.26. The van der Waals surface area contributed by atoms with Gasteiger partial charge in [-0.05, 0) is 19.4 Å². The van der Waals surface area contributed by atoms with Crippen molar-refractivity contribution in [1.82, 2.24) is 15.3 Å². The normalized spacial score (nSPS) is 22.7. The molecule has 2 rings (SSSR count). The van der Waals surface area contributed by atoms with Gasteiger partial charge in [-0.3, -0.25) is 0 Å². The third kappa shape index (κ3) is 3.40. The molecule has 1 fully saturated rings. The molecule has 0 spiro atoms. The molecule has 0 radical (unpaired) electrons. The van der Waals surface area contributed by atoms with Crippen LogP contribution in [0.1, 0.15) is 17.8 Å². The molecule has 1 aliphatic heterocycles. The van der Waals surface area contributed by atoms with E-state index in [1.54, 1.807) is 0 Å². The highest BCUT2D eigenvalue weighted by atomic mass is 16.5. The smallest absolute Gasteiger partial charge is 0.225 e. The molecule has 2 heterocycles. The van der Waals surface area contributed by atoms with Gasteiger partial charge in [0.15, 0.2) is 0 Å². The topological polar surface area (TPSA) is 70.5 Å². The lowest BCUT2D eigenvalue weighted by Crippen LogP contribution is -2.48. The molecule has 1 aliphatic rings. The summed E-state index contributed by atoms with van der Waals surface area (Å²) >= 11 is 0. The molecule has 2 N–H and O–H groups in total. The first-order valence-electron chi connectivity index (χ1n) is 6.50. The van der Waals surface area contributed by atoms with E-state index in [2.05, 4.69) is 15.3 Å². The van der Waals surface area contributed by atoms with E-state index in [1.165, 1.54) is 0 Å². The Kier molecular flexibility index (Phi) is 4.34. The first kappa shape index (κ1) is 14.2. The molecule has 0 amide bonds. The minimum absolute atomic E-state index is 0.0810. The first-order valence-corrected chi connectivity index (χ1v) is 6.50. The van der Waals surface area contributed by atoms with E-state index in [0.29, 0.717) is 25.7 Å². The van der Waals surface area contributed by atoms with E-state index in [-0.39, 0.29) is 12.1 Å². The monoisotopic (exact) mass is 266 g/mol. The Morgan fingerprint density at radius 3 is 2.84 bits per heavy atom. The van der Waals surface area contributed by atoms with Gasteiger partial charge < -0.3 is 20.1 Å². The van der Waals surface area contributed by atoms with E-state index >= 15 is 0 Å². The molecule has 0 saturated carbocycles. The molecule has 6 heteroatoms. The molecule has 0 unspecified atom stereocenters. The summed E-state index contributed by atoms with van der Waals surface area (Å²) in [6.45, 7) is 3.89. The Balaban J connectivity index is 2.06. The number of hydrogen-bond donors (Lipinski definition) is 2. The van der Waals surface area contributed by atoms with E-state index in [1.807, 2.05) is 32.0 Å². The fraction of sp³-hybridized carbons (Fsp3) is 0.692. The summed E-state index contributed by atoms with van der Waals surface area (Å²) in [6, 6.07) is 1.96. The summed E-state index contributed by atoms with van der Waals surface area (Å²) in [4.78, 5) is 10.7. The zero-order valence-electron chi connectivity index (χ0n) is 11.8. The number of ether oxygens (including phenoxy) is 1. The Morgan fingerprint density at radius 1 is 1.47 bits per heavy atom. The molecule has 1 aromatic heterocycles. The first-order chi connectivity index (χ1) is 9.04. The minimum Gasteiger partial charge on any atom is -0.394 e. The van der Waals surface area contributed by atoms with Crippen LogP contribution in [-0.4, -0.2) is 54.5 Å². The third-order valence-electron chi connectivity index (χ3n) is 3.35. The molecule has 106 valence electrons. The molecule has 0 aliphatic carbocycles. The van der Waals surface area contributed by atoms with Gasteiger partial charge in [-0.25, -0.2) is 9.97 Å². The van der Waals surface area contributed by atoms with Gasteiger partial charge >= 0.3 is 0 Å². The second kappa shape index (κ2) is 5.81. The molecular formula is C13H22N4O2. The van der Waals surface area contributed by atoms with Gasteiger partial charge in [0.05, 0.1) is 24.4 Å². The zero-order valence-corrected chi connectivity index (χ0v) is 11.8. The van der Waals surface area contributed by atoms with Crippen LogP contribution in [-0.2, 0) is 11.3 Å². The highest BCUT2D eigenvalue weighted by molar-refractivity contribution is 5.29. The van der Waals surface area contributed by atoms with Crippen LogP contribution in [0.15, 0.2) is 6.07 Å². The van der Waals surface area contributed by atoms with Gasteiger partial charge in [0, 0.05) is 32.9 Å². The fourth-order valence-electron chi connectivity index (χ4n) is 2.11. The van der Waals surface area contributed by atoms with E-state index < -0.39 is 0 Å². The Hall–Kier alpha value is -1.24. The van der Waals surface area contributed by atoms with Crippen molar-refractivity contribution in [2.45, 2.75) is 25.4 Å². The third-order valence-corrected chi connectivity index (χ3v) is 3.35. The summed E-state index contributed by atoms with van der Waals surface area (Å²) in [5, 5.41) is 12.9. The van der Waals surface area contributed by atoms with Crippen molar-refractivity contribution in [3.8, 4) is 0 Å². The number of anilines is 1. The second-order valence-corrected chi connectivity index (χ2v) is 5.29. The summed E-state index contributed by atoms with van der Waals surface area (Å²) in [6.07, 6.45) is 0.827. The maximum absolute atomic E-state index is 9.51. The lowest BCUT2D eigenvalue weighted by molar-refractivity contribution is 0.120. The highest BCUT2D eigenvalue weighted by Crippen LogP contribution is 2.18. The van der Waals surface area contributed by atoms with Gasteiger partial charge in [-0.1, -0.05) is 0 Å². The molecule has 1 aromatic rings. The molecule has 19 heavy (non-hydrogen) atoms. The molecular weight excluding hydrogens is 244 g/mol. The summed E-state index contributed by atoms with van der Waals surface area (Å²) in [5.74, 6) is 0.706. The van der Waals surface area contributed by atoms with Crippen molar-refractivity contribution in [1.29, 1.82) is 0 Å². The molecule has 0 aromatic carbocycles. The van der Waals surface area contributed by atoms with E-state index in [0.717, 1.165) is 17.8 Å². The summed E-state index contributed by atoms with van der Waals surface area (Å²) in [7, 11) is 3.85. The van der Waals surface area contributed by atoms with Crippen molar-refractivity contribution >= 4 is 5.95 Å². The number of rotatable bonds is 5. The van der Waals surface area contributed by atoms with E-state index in [4.69, 9.17) is 4.74 Å². The Morgan fingerprint density at radius 2 is 2.26 bits per heavy atom. The van der Waals surface area contributed by atoms with Crippen LogP contribution in [0.4, 0.5) is 5.95 Å². The number of nitrogens with zero attached hydrogens (tertiary/aromatic N) is 3. The van der Waals surface area contributed by atoms with Crippen molar-refractivity contribution in [2.24, 2.45) is 0 Å². The summed E-state index contributed by atoms with van der Waals surface area (Å²) in [5.41, 5.74) is 1.55. The predicted molar refractivity (Wildman–Crippen MR) is 73.2 cm³/mol. The highest BCUT2D eigenvalue weighted by Gasteiger charge is 2.33. The fourth-order valence-corrected chi connectivity index (χ4v) is 2.11. The van der Waals surface area contributed by atoms with Gasteiger partial charge in [-0.15, -0.1) is 0 Å². The number of aliphatic hydroxyl groups is 1. The predicted octanol–water partition coefficient (Wildman–Crippen LogP) is 0.0920. The maximum Gasteiger partial charge on any atom is 0.225 e. The van der Waals surface area contributed by atoms with E-state index in [9.17, 15) is 5.11 Å². The quantitative estimate of drug-likeness (QED) is 0.787. The van der Waals surface area contributed by atoms with Crippen LogP contribution >= 0.6 is 0 Å². The molecule has 0 bridgehead atoms. The van der Waals surface area contributed by atoms with Crippen molar-refractivity contribution in [3.05, 3.63) is 17.5 Å². The Labute approximate surface area is 113 Å². The van der Waals surface area contributed by atoms with Crippen LogP contribution in [0.5, 0.6) is 0 Å². The number of aromatic nitrogens is 2. The summed E-state index contributed by atoms with van der Waals surface area (Å²) < 4.78 is 5.36. The number of aryl methyl sites for hydroxylation is 1. The standard InChI is InChI=1S/C13H22N4O2/c1-10-6-11(16-12(15-10)17(2)3)7-14-13(8-18)4-5-19-9-13/h6,14,18H,4-5,7-9H2,1-3H3/t13-/m0/s1. The van der Waals surface area contributed by atoms with Crippen LogP contribution in [0, 0.1) is 6.92 Å². The SMILES string of the molecule is Cc1cc(CN[C@]2(CO)CCOC2)nc(N(C)C)n1. The largest absolute Gasteiger partial charge is 0.394 e. The van der Waals surface area contributed by atoms with Crippen molar-refractivity contribution in [2.75, 3.05) is 38.8 Å². The van der Waals surface area contributed by atoms with Crippen LogP contribution in [0.25, 0.3) is 0 Å². The molecule has 1 atom stereocenters. The van der Waals surface area contributed by atoms with Gasteiger partial charge in [0.2, 0.25) is 5.95 Å². The Bertz CT molecular complexity index is 431. The maximum atomic E-state index is 9.51. The average Bonchev–Trinajstić information content (AvgIpc) is 2.85. The van der Waals surface area contributed by atoms with Crippen LogP contribution < -0.4 is 10.2 Å². The minimum atomic E-state index is -0.322. The molecule has 6 nitrogen and oxygen atoms in total. The van der Waals surface area contributed by atoms with Gasteiger partial charge in [-0.2, -0.15) is 0 Å². The number of aliphatic hydroxyl groups excluding tert-OH is 1. The average molecular weight is 266 g/mol. The lowest BCUT2D eigenvalue weighted by atomic mass is 10.00. The van der Waals surface area contributed by atoms with Gasteiger partial charge in [0.25, 0.3) is 0 Å². The number of hydrogen-bond acceptors (Lipinski definition) is 6.